The fourth-order valence-corrected chi connectivity index (χ4v) is 4.81. The molecule has 27 heavy (non-hydrogen) atoms. The van der Waals surface area contributed by atoms with Crippen LogP contribution in [0.1, 0.15) is 24.0 Å². The summed E-state index contributed by atoms with van der Waals surface area (Å²) in [6.45, 7) is 7.05. The number of carbonyl (C=O) groups is 1. The van der Waals surface area contributed by atoms with E-state index < -0.39 is 10.0 Å². The summed E-state index contributed by atoms with van der Waals surface area (Å²) < 4.78 is 25.0. The first-order valence-corrected chi connectivity index (χ1v) is 11.2. The van der Waals surface area contributed by atoms with E-state index >= 15 is 0 Å². The molecule has 6 nitrogen and oxygen atoms in total. The van der Waals surface area contributed by atoms with Crippen LogP contribution in [-0.2, 0) is 21.4 Å². The Morgan fingerprint density at radius 2 is 1.85 bits per heavy atom. The number of carbonyl (C=O) groups excluding carboxylic acids is 1. The molecule has 2 saturated heterocycles. The average Bonchev–Trinajstić information content (AvgIpc) is 2.61. The van der Waals surface area contributed by atoms with Gasteiger partial charge in [-0.05, 0) is 25.3 Å². The predicted molar refractivity (Wildman–Crippen MR) is 109 cm³/mol. The van der Waals surface area contributed by atoms with Crippen molar-refractivity contribution in [3.63, 3.8) is 0 Å². The Bertz CT molecular complexity index is 748. The summed E-state index contributed by atoms with van der Waals surface area (Å²) in [4.78, 5) is 17.1. The monoisotopic (exact) mass is 415 g/mol. The first-order chi connectivity index (χ1) is 12.3. The highest BCUT2D eigenvalue weighted by molar-refractivity contribution is 7.88. The van der Waals surface area contributed by atoms with Crippen LogP contribution >= 0.6 is 12.4 Å². The van der Waals surface area contributed by atoms with E-state index in [0.29, 0.717) is 13.1 Å². The number of piperazine rings is 1. The van der Waals surface area contributed by atoms with E-state index in [2.05, 4.69) is 36.1 Å². The van der Waals surface area contributed by atoms with E-state index in [1.165, 1.54) is 21.7 Å². The number of hydrogen-bond donors (Lipinski definition) is 0. The third kappa shape index (κ3) is 5.91. The second kappa shape index (κ2) is 9.37. The number of nitrogens with zero attached hydrogens (tertiary/aromatic N) is 3. The van der Waals surface area contributed by atoms with Crippen molar-refractivity contribution in [2.75, 3.05) is 45.5 Å². The summed E-state index contributed by atoms with van der Waals surface area (Å²) in [6.07, 6.45) is 2.77. The first kappa shape index (κ1) is 22.1. The van der Waals surface area contributed by atoms with Gasteiger partial charge in [0, 0.05) is 45.8 Å². The molecule has 3 rings (SSSR count). The molecule has 0 spiro atoms. The highest BCUT2D eigenvalue weighted by Gasteiger charge is 2.33. The molecule has 2 aliphatic rings. The van der Waals surface area contributed by atoms with Crippen molar-refractivity contribution in [3.8, 4) is 0 Å². The van der Waals surface area contributed by atoms with E-state index in [-0.39, 0.29) is 24.2 Å². The van der Waals surface area contributed by atoms with Crippen molar-refractivity contribution in [1.29, 1.82) is 0 Å². The largest absolute Gasteiger partial charge is 0.340 e. The lowest BCUT2D eigenvalue weighted by molar-refractivity contribution is -0.138. The molecule has 0 bridgehead atoms. The third-order valence-electron chi connectivity index (χ3n) is 5.38. The molecular weight excluding hydrogens is 386 g/mol. The van der Waals surface area contributed by atoms with Crippen molar-refractivity contribution >= 4 is 28.3 Å². The van der Waals surface area contributed by atoms with Gasteiger partial charge in [0.15, 0.2) is 0 Å². The van der Waals surface area contributed by atoms with Gasteiger partial charge in [0.2, 0.25) is 15.9 Å². The quantitative estimate of drug-likeness (QED) is 0.751. The van der Waals surface area contributed by atoms with Crippen LogP contribution in [0.25, 0.3) is 0 Å². The molecule has 2 heterocycles. The maximum Gasteiger partial charge on any atom is 0.227 e. The maximum absolute atomic E-state index is 12.8. The van der Waals surface area contributed by atoms with E-state index in [4.69, 9.17) is 0 Å². The lowest BCUT2D eigenvalue weighted by Gasteiger charge is -2.38. The molecular formula is C19H30ClN3O3S. The predicted octanol–water partition coefficient (Wildman–Crippen LogP) is 1.73. The average molecular weight is 416 g/mol. The van der Waals surface area contributed by atoms with Gasteiger partial charge in [-0.25, -0.2) is 12.7 Å². The fourth-order valence-electron chi connectivity index (χ4n) is 3.90. The summed E-state index contributed by atoms with van der Waals surface area (Å²) in [5, 5.41) is 0. The number of piperidine rings is 1. The van der Waals surface area contributed by atoms with Crippen LogP contribution < -0.4 is 0 Å². The van der Waals surface area contributed by atoms with Crippen LogP contribution in [0.3, 0.4) is 0 Å². The Morgan fingerprint density at radius 3 is 2.48 bits per heavy atom. The van der Waals surface area contributed by atoms with Gasteiger partial charge in [0.1, 0.15) is 0 Å². The zero-order chi connectivity index (χ0) is 18.7. The van der Waals surface area contributed by atoms with Crippen LogP contribution in [0.15, 0.2) is 24.3 Å². The number of halogens is 1. The normalized spacial score (nSPS) is 22.3. The SMILES string of the molecule is Cc1cccc(CN2CCN(C(=O)C3CCCN(S(C)(=O)=O)C3)CC2)c1.Cl. The van der Waals surface area contributed by atoms with Gasteiger partial charge in [-0.15, -0.1) is 12.4 Å². The molecule has 0 aliphatic carbocycles. The van der Waals surface area contributed by atoms with Gasteiger partial charge >= 0.3 is 0 Å². The molecule has 0 aromatic heterocycles. The zero-order valence-corrected chi connectivity index (χ0v) is 17.8. The number of rotatable bonds is 4. The van der Waals surface area contributed by atoms with Crippen molar-refractivity contribution in [1.82, 2.24) is 14.1 Å². The standard InChI is InChI=1S/C19H29N3O3S.ClH/c1-16-5-3-6-17(13-16)14-20-9-11-21(12-10-20)19(23)18-7-4-8-22(15-18)26(2,24)25;/h3,5-6,13,18H,4,7-12,14-15H2,1-2H3;1H. The molecule has 0 saturated carbocycles. The minimum Gasteiger partial charge on any atom is -0.340 e. The summed E-state index contributed by atoms with van der Waals surface area (Å²) in [7, 11) is -3.22. The van der Waals surface area contributed by atoms with Crippen molar-refractivity contribution in [2.45, 2.75) is 26.3 Å². The molecule has 1 atom stereocenters. The van der Waals surface area contributed by atoms with E-state index in [1.54, 1.807) is 0 Å². The molecule has 0 N–H and O–H groups in total. The molecule has 8 heteroatoms. The fraction of sp³-hybridized carbons (Fsp3) is 0.632. The van der Waals surface area contributed by atoms with Crippen molar-refractivity contribution < 1.29 is 13.2 Å². The molecule has 2 fully saturated rings. The second-order valence-electron chi connectivity index (χ2n) is 7.55. The number of benzene rings is 1. The van der Waals surface area contributed by atoms with Gasteiger partial charge in [0.25, 0.3) is 0 Å². The van der Waals surface area contributed by atoms with E-state index in [9.17, 15) is 13.2 Å². The number of aryl methyl sites for hydroxylation is 1. The second-order valence-corrected chi connectivity index (χ2v) is 9.53. The van der Waals surface area contributed by atoms with E-state index in [1.807, 2.05) is 4.90 Å². The topological polar surface area (TPSA) is 60.9 Å². The number of amides is 1. The van der Waals surface area contributed by atoms with Gasteiger partial charge < -0.3 is 4.90 Å². The highest BCUT2D eigenvalue weighted by atomic mass is 35.5. The Labute approximate surface area is 169 Å². The van der Waals surface area contributed by atoms with Crippen molar-refractivity contribution in [2.24, 2.45) is 5.92 Å². The Hall–Kier alpha value is -1.15. The summed E-state index contributed by atoms with van der Waals surface area (Å²) in [5.41, 5.74) is 2.57. The Kier molecular flexibility index (Phi) is 7.68. The van der Waals surface area contributed by atoms with Gasteiger partial charge in [-0.2, -0.15) is 0 Å². The van der Waals surface area contributed by atoms with Crippen LogP contribution in [0, 0.1) is 12.8 Å². The van der Waals surface area contributed by atoms with Gasteiger partial charge in [0.05, 0.1) is 12.2 Å². The van der Waals surface area contributed by atoms with E-state index in [0.717, 1.165) is 45.6 Å². The first-order valence-electron chi connectivity index (χ1n) is 9.35. The smallest absolute Gasteiger partial charge is 0.227 e. The maximum atomic E-state index is 12.8. The highest BCUT2D eigenvalue weighted by Crippen LogP contribution is 2.21. The molecule has 2 aliphatic heterocycles. The number of sulfonamides is 1. The third-order valence-corrected chi connectivity index (χ3v) is 6.64. The lowest BCUT2D eigenvalue weighted by atomic mass is 9.97. The van der Waals surface area contributed by atoms with Crippen LogP contribution in [0.4, 0.5) is 0 Å². The number of hydrogen-bond acceptors (Lipinski definition) is 4. The van der Waals surface area contributed by atoms with Crippen LogP contribution in [0.5, 0.6) is 0 Å². The summed E-state index contributed by atoms with van der Waals surface area (Å²) >= 11 is 0. The zero-order valence-electron chi connectivity index (χ0n) is 16.1. The lowest BCUT2D eigenvalue weighted by Crippen LogP contribution is -2.52. The molecule has 1 aromatic carbocycles. The molecule has 0 radical (unpaired) electrons. The Balaban J connectivity index is 0.00000261. The molecule has 1 unspecified atom stereocenters. The van der Waals surface area contributed by atoms with Crippen LogP contribution in [0.2, 0.25) is 0 Å². The minimum absolute atomic E-state index is 0. The van der Waals surface area contributed by atoms with Gasteiger partial charge in [-0.3, -0.25) is 9.69 Å². The molecule has 1 amide bonds. The summed E-state index contributed by atoms with van der Waals surface area (Å²) in [5.74, 6) is -0.0737. The van der Waals surface area contributed by atoms with Crippen molar-refractivity contribution in [3.05, 3.63) is 35.4 Å². The molecule has 152 valence electrons. The van der Waals surface area contributed by atoms with Crippen LogP contribution in [-0.4, -0.2) is 74.0 Å². The summed E-state index contributed by atoms with van der Waals surface area (Å²) in [6, 6.07) is 8.54. The minimum atomic E-state index is -3.22. The Morgan fingerprint density at radius 1 is 1.15 bits per heavy atom. The molecule has 1 aromatic rings. The van der Waals surface area contributed by atoms with Gasteiger partial charge in [-0.1, -0.05) is 29.8 Å².